The molecule has 33 heavy (non-hydrogen) atoms. The van der Waals surface area contributed by atoms with Crippen molar-refractivity contribution in [3.8, 4) is 5.75 Å². The molecule has 0 aliphatic rings. The highest BCUT2D eigenvalue weighted by Crippen LogP contribution is 2.25. The zero-order chi connectivity index (χ0) is 23.5. The van der Waals surface area contributed by atoms with E-state index in [1.807, 2.05) is 24.3 Å². The third-order valence-electron chi connectivity index (χ3n) is 5.35. The third-order valence-corrected chi connectivity index (χ3v) is 5.35. The second kappa shape index (κ2) is 8.99. The van der Waals surface area contributed by atoms with E-state index < -0.39 is 29.9 Å². The smallest absolute Gasteiger partial charge is 0.326 e. The number of carbonyl (C=O) groups excluding carboxylic acids is 2. The number of nitrogens with zero attached hydrogens (tertiary/aromatic N) is 1. The minimum Gasteiger partial charge on any atom is -0.508 e. The van der Waals surface area contributed by atoms with Gasteiger partial charge in [-0.1, -0.05) is 30.3 Å². The van der Waals surface area contributed by atoms with E-state index in [0.29, 0.717) is 5.56 Å². The topological polar surface area (TPSA) is 144 Å². The lowest BCUT2D eigenvalue weighted by Crippen LogP contribution is -2.51. The van der Waals surface area contributed by atoms with Gasteiger partial charge in [0.15, 0.2) is 0 Å². The Morgan fingerprint density at radius 3 is 2.45 bits per heavy atom. The van der Waals surface area contributed by atoms with Crippen LogP contribution in [0.4, 0.5) is 0 Å². The van der Waals surface area contributed by atoms with Crippen molar-refractivity contribution >= 4 is 39.6 Å². The van der Waals surface area contributed by atoms with Gasteiger partial charge < -0.3 is 25.8 Å². The fourth-order valence-electron chi connectivity index (χ4n) is 3.57. The van der Waals surface area contributed by atoms with Crippen LogP contribution in [0, 0.1) is 0 Å². The van der Waals surface area contributed by atoms with Crippen molar-refractivity contribution in [1.82, 2.24) is 20.6 Å². The number of phenols is 1. The number of phenolic OH excluding ortho intramolecular Hbond substituents is 1. The van der Waals surface area contributed by atoms with Crippen LogP contribution in [0.5, 0.6) is 5.75 Å². The molecular weight excluding hydrogens is 424 g/mol. The van der Waals surface area contributed by atoms with E-state index in [1.54, 1.807) is 24.4 Å². The van der Waals surface area contributed by atoms with E-state index in [2.05, 4.69) is 20.6 Å². The Morgan fingerprint density at radius 1 is 1.00 bits per heavy atom. The largest absolute Gasteiger partial charge is 0.508 e. The summed E-state index contributed by atoms with van der Waals surface area (Å²) in [5, 5.41) is 25.6. The summed E-state index contributed by atoms with van der Waals surface area (Å²) in [5.74, 6) is -2.33. The Bertz CT molecular complexity index is 1350. The van der Waals surface area contributed by atoms with Gasteiger partial charge in [0.2, 0.25) is 5.91 Å². The number of carbonyl (C=O) groups is 3. The van der Waals surface area contributed by atoms with Gasteiger partial charge >= 0.3 is 5.97 Å². The molecule has 0 fully saturated rings. The molecule has 2 aromatic carbocycles. The Hall–Kier alpha value is -4.40. The molecule has 0 bridgehead atoms. The van der Waals surface area contributed by atoms with Gasteiger partial charge in [-0.3, -0.25) is 9.59 Å². The van der Waals surface area contributed by atoms with Crippen molar-refractivity contribution in [2.75, 3.05) is 0 Å². The average Bonchev–Trinajstić information content (AvgIpc) is 3.17. The van der Waals surface area contributed by atoms with Gasteiger partial charge in [0.25, 0.3) is 5.91 Å². The number of aromatic nitrogens is 2. The number of nitrogens with one attached hydrogen (secondary N) is 3. The highest BCUT2D eigenvalue weighted by Gasteiger charge is 2.25. The van der Waals surface area contributed by atoms with Crippen LogP contribution in [-0.4, -0.2) is 50.0 Å². The van der Waals surface area contributed by atoms with Crippen molar-refractivity contribution in [3.63, 3.8) is 0 Å². The lowest BCUT2D eigenvalue weighted by Gasteiger charge is -2.19. The van der Waals surface area contributed by atoms with E-state index in [-0.39, 0.29) is 17.9 Å². The van der Waals surface area contributed by atoms with E-state index in [9.17, 15) is 24.6 Å². The van der Waals surface area contributed by atoms with E-state index >= 15 is 0 Å². The third kappa shape index (κ3) is 4.77. The monoisotopic (exact) mass is 446 g/mol. The lowest BCUT2D eigenvalue weighted by molar-refractivity contribution is -0.142. The molecule has 0 radical (unpaired) electrons. The van der Waals surface area contributed by atoms with Crippen molar-refractivity contribution in [2.24, 2.45) is 0 Å². The number of para-hydroxylation sites is 1. The number of hydrogen-bond acceptors (Lipinski definition) is 5. The molecule has 2 atom stereocenters. The number of hydrogen-bond donors (Lipinski definition) is 5. The van der Waals surface area contributed by atoms with E-state index in [1.165, 1.54) is 19.1 Å². The number of carboxylic acids is 1. The van der Waals surface area contributed by atoms with Gasteiger partial charge in [-0.25, -0.2) is 9.78 Å². The zero-order valence-electron chi connectivity index (χ0n) is 17.7. The Balaban J connectivity index is 1.44. The number of aliphatic carboxylic acids is 1. The molecule has 0 aliphatic heterocycles. The highest BCUT2D eigenvalue weighted by atomic mass is 16.4. The van der Waals surface area contributed by atoms with Crippen LogP contribution >= 0.6 is 0 Å². The van der Waals surface area contributed by atoms with Crippen LogP contribution in [0.3, 0.4) is 0 Å². The summed E-state index contributed by atoms with van der Waals surface area (Å²) in [6, 6.07) is 13.2. The second-order valence-electron chi connectivity index (χ2n) is 7.75. The van der Waals surface area contributed by atoms with Crippen LogP contribution in [0.1, 0.15) is 23.0 Å². The molecule has 0 saturated heterocycles. The predicted molar refractivity (Wildman–Crippen MR) is 122 cm³/mol. The first-order valence-electron chi connectivity index (χ1n) is 10.3. The Kier molecular flexibility index (Phi) is 5.95. The van der Waals surface area contributed by atoms with Gasteiger partial charge in [-0.2, -0.15) is 0 Å². The molecule has 2 heterocycles. The minimum atomic E-state index is -1.21. The molecule has 9 nitrogen and oxygen atoms in total. The lowest BCUT2D eigenvalue weighted by atomic mass is 10.1. The van der Waals surface area contributed by atoms with Gasteiger partial charge in [-0.15, -0.1) is 0 Å². The summed E-state index contributed by atoms with van der Waals surface area (Å²) in [6.45, 7) is 1.47. The molecular formula is C24H22N4O5. The molecule has 9 heteroatoms. The fourth-order valence-corrected chi connectivity index (χ4v) is 3.57. The molecule has 2 amide bonds. The Labute approximate surface area is 188 Å². The van der Waals surface area contributed by atoms with Crippen LogP contribution in [0.15, 0.2) is 60.8 Å². The summed E-state index contributed by atoms with van der Waals surface area (Å²) in [4.78, 5) is 44.3. The van der Waals surface area contributed by atoms with Crippen molar-refractivity contribution in [1.29, 1.82) is 0 Å². The number of aromatic hydroxyl groups is 1. The summed E-state index contributed by atoms with van der Waals surface area (Å²) in [5.41, 5.74) is 2.49. The van der Waals surface area contributed by atoms with Crippen molar-refractivity contribution in [3.05, 3.63) is 72.1 Å². The van der Waals surface area contributed by atoms with Gasteiger partial charge in [0, 0.05) is 22.7 Å². The number of benzene rings is 2. The molecule has 5 N–H and O–H groups in total. The normalized spacial score (nSPS) is 12.9. The number of rotatable bonds is 7. The van der Waals surface area contributed by atoms with E-state index in [0.717, 1.165) is 21.8 Å². The first kappa shape index (κ1) is 21.8. The summed E-state index contributed by atoms with van der Waals surface area (Å²) in [6.07, 6.45) is 1.59. The SMILES string of the molecule is CC(NC(=O)c1cc2c(cn1)[nH]c1ccccc12)C(=O)NC(Cc1ccc(O)cc1)C(=O)O. The average molecular weight is 446 g/mol. The maximum absolute atomic E-state index is 12.7. The molecule has 168 valence electrons. The molecule has 0 spiro atoms. The highest BCUT2D eigenvalue weighted by molar-refractivity contribution is 6.09. The van der Waals surface area contributed by atoms with Crippen LogP contribution in [-0.2, 0) is 16.0 Å². The zero-order valence-corrected chi connectivity index (χ0v) is 17.7. The molecule has 4 aromatic rings. The molecule has 2 unspecified atom stereocenters. The predicted octanol–water partition coefficient (Wildman–Crippen LogP) is 2.35. The van der Waals surface area contributed by atoms with Crippen LogP contribution in [0.2, 0.25) is 0 Å². The van der Waals surface area contributed by atoms with E-state index in [4.69, 9.17) is 0 Å². The minimum absolute atomic E-state index is 0.0286. The first-order chi connectivity index (χ1) is 15.8. The number of amides is 2. The Morgan fingerprint density at radius 2 is 1.73 bits per heavy atom. The van der Waals surface area contributed by atoms with Crippen molar-refractivity contribution < 1.29 is 24.6 Å². The van der Waals surface area contributed by atoms with Gasteiger partial charge in [-0.05, 0) is 36.8 Å². The summed E-state index contributed by atoms with van der Waals surface area (Å²) >= 11 is 0. The standard InChI is InChI=1S/C24H22N4O5/c1-13(22(30)28-20(24(32)33)10-14-6-8-15(29)9-7-14)26-23(31)19-11-17-16-4-2-3-5-18(16)27-21(17)12-25-19/h2-9,11-13,20,27,29H,10H2,1H3,(H,26,31)(H,28,30)(H,32,33). The first-order valence-corrected chi connectivity index (χ1v) is 10.3. The fraction of sp³-hybridized carbons (Fsp3) is 0.167. The molecule has 4 rings (SSSR count). The number of carboxylic acid groups (broad SMARTS) is 1. The molecule has 2 aromatic heterocycles. The molecule has 0 saturated carbocycles. The van der Waals surface area contributed by atoms with Crippen LogP contribution in [0.25, 0.3) is 21.8 Å². The van der Waals surface area contributed by atoms with Gasteiger partial charge in [0.1, 0.15) is 23.5 Å². The van der Waals surface area contributed by atoms with Crippen molar-refractivity contribution in [2.45, 2.75) is 25.4 Å². The number of fused-ring (bicyclic) bond motifs is 3. The number of H-pyrrole nitrogens is 1. The second-order valence-corrected chi connectivity index (χ2v) is 7.75. The quantitative estimate of drug-likeness (QED) is 0.295. The van der Waals surface area contributed by atoms with Gasteiger partial charge in [0.05, 0.1) is 11.7 Å². The molecule has 0 aliphatic carbocycles. The number of aromatic amines is 1. The summed E-state index contributed by atoms with van der Waals surface area (Å²) < 4.78 is 0. The van der Waals surface area contributed by atoms with Crippen LogP contribution < -0.4 is 10.6 Å². The maximum atomic E-state index is 12.7. The number of pyridine rings is 1. The maximum Gasteiger partial charge on any atom is 0.326 e. The summed E-state index contributed by atoms with van der Waals surface area (Å²) in [7, 11) is 0.